The number of benzene rings is 2. The van der Waals surface area contributed by atoms with Crippen LogP contribution in [-0.2, 0) is 11.3 Å². The van der Waals surface area contributed by atoms with Crippen LogP contribution in [0.2, 0.25) is 0 Å². The Morgan fingerprint density at radius 1 is 1.00 bits per heavy atom. The lowest BCUT2D eigenvalue weighted by atomic mass is 10.2. The normalized spacial score (nSPS) is 15.8. The van der Waals surface area contributed by atoms with Crippen LogP contribution in [0.3, 0.4) is 0 Å². The van der Waals surface area contributed by atoms with Gasteiger partial charge in [-0.15, -0.1) is 0 Å². The number of rotatable bonds is 5. The first-order valence-electron chi connectivity index (χ1n) is 7.63. The third kappa shape index (κ3) is 4.03. The Hall–Kier alpha value is -2.31. The molecule has 0 atom stereocenters. The van der Waals surface area contributed by atoms with Crippen molar-refractivity contribution in [2.45, 2.75) is 6.54 Å². The molecule has 128 valence electrons. The SMILES string of the molecule is COc1ccc(/C=C2\SC(=S)N(Cc3ccc(OC)cc3)C2=O)cc1. The highest BCUT2D eigenvalue weighted by Gasteiger charge is 2.31. The van der Waals surface area contributed by atoms with Crippen LogP contribution in [-0.4, -0.2) is 29.3 Å². The third-order valence-electron chi connectivity index (χ3n) is 3.79. The smallest absolute Gasteiger partial charge is 0.266 e. The number of thioether (sulfide) groups is 1. The standard InChI is InChI=1S/C19H17NO3S2/c1-22-15-7-3-13(4-8-15)11-17-18(21)20(19(24)25-17)12-14-5-9-16(23-2)10-6-14/h3-11H,12H2,1-2H3/b17-11-. The maximum Gasteiger partial charge on any atom is 0.266 e. The van der Waals surface area contributed by atoms with E-state index >= 15 is 0 Å². The topological polar surface area (TPSA) is 38.8 Å². The molecule has 1 saturated heterocycles. The monoisotopic (exact) mass is 371 g/mol. The fourth-order valence-corrected chi connectivity index (χ4v) is 3.66. The zero-order chi connectivity index (χ0) is 17.8. The fraction of sp³-hybridized carbons (Fsp3) is 0.158. The lowest BCUT2D eigenvalue weighted by molar-refractivity contribution is -0.122. The van der Waals surface area contributed by atoms with E-state index in [-0.39, 0.29) is 5.91 Å². The molecule has 2 aromatic rings. The van der Waals surface area contributed by atoms with Gasteiger partial charge in [0, 0.05) is 0 Å². The summed E-state index contributed by atoms with van der Waals surface area (Å²) in [5.41, 5.74) is 1.94. The molecule has 6 heteroatoms. The fourth-order valence-electron chi connectivity index (χ4n) is 2.40. The Bertz CT molecular complexity index is 814. The van der Waals surface area contributed by atoms with Gasteiger partial charge in [-0.05, 0) is 41.5 Å². The largest absolute Gasteiger partial charge is 0.497 e. The summed E-state index contributed by atoms with van der Waals surface area (Å²) in [6, 6.07) is 15.2. The van der Waals surface area contributed by atoms with Crippen molar-refractivity contribution in [1.29, 1.82) is 0 Å². The van der Waals surface area contributed by atoms with Crippen molar-refractivity contribution in [2.75, 3.05) is 14.2 Å². The summed E-state index contributed by atoms with van der Waals surface area (Å²) >= 11 is 6.71. The summed E-state index contributed by atoms with van der Waals surface area (Å²) < 4.78 is 10.9. The Morgan fingerprint density at radius 3 is 2.12 bits per heavy atom. The summed E-state index contributed by atoms with van der Waals surface area (Å²) in [5, 5.41) is 0. The van der Waals surface area contributed by atoms with Gasteiger partial charge in [-0.3, -0.25) is 9.69 Å². The molecule has 0 aliphatic carbocycles. The van der Waals surface area contributed by atoms with E-state index in [1.807, 2.05) is 54.6 Å². The van der Waals surface area contributed by atoms with E-state index in [1.54, 1.807) is 19.1 Å². The van der Waals surface area contributed by atoms with E-state index in [0.29, 0.717) is 15.8 Å². The first-order chi connectivity index (χ1) is 12.1. The molecule has 1 aliphatic rings. The molecule has 0 N–H and O–H groups in total. The molecule has 0 radical (unpaired) electrons. The zero-order valence-electron chi connectivity index (χ0n) is 13.9. The minimum absolute atomic E-state index is 0.0679. The van der Waals surface area contributed by atoms with Crippen molar-refractivity contribution in [3.05, 3.63) is 64.6 Å². The van der Waals surface area contributed by atoms with Gasteiger partial charge in [0.2, 0.25) is 0 Å². The highest BCUT2D eigenvalue weighted by Crippen LogP contribution is 2.34. The minimum atomic E-state index is -0.0679. The molecule has 4 nitrogen and oxygen atoms in total. The van der Waals surface area contributed by atoms with Crippen LogP contribution in [0.5, 0.6) is 11.5 Å². The van der Waals surface area contributed by atoms with Crippen LogP contribution < -0.4 is 9.47 Å². The molecular weight excluding hydrogens is 354 g/mol. The summed E-state index contributed by atoms with van der Waals surface area (Å²) in [6.45, 7) is 0.453. The van der Waals surface area contributed by atoms with Crippen molar-refractivity contribution >= 4 is 40.3 Å². The highest BCUT2D eigenvalue weighted by molar-refractivity contribution is 8.26. The van der Waals surface area contributed by atoms with Gasteiger partial charge in [0.1, 0.15) is 15.8 Å². The maximum atomic E-state index is 12.7. The first-order valence-corrected chi connectivity index (χ1v) is 8.85. The van der Waals surface area contributed by atoms with Gasteiger partial charge in [-0.1, -0.05) is 48.2 Å². The van der Waals surface area contributed by atoms with Crippen LogP contribution in [0.1, 0.15) is 11.1 Å². The Kier molecular flexibility index (Phi) is 5.40. The second-order valence-electron chi connectivity index (χ2n) is 5.39. The second kappa shape index (κ2) is 7.72. The molecule has 1 fully saturated rings. The first kappa shape index (κ1) is 17.5. The van der Waals surface area contributed by atoms with Gasteiger partial charge >= 0.3 is 0 Å². The zero-order valence-corrected chi connectivity index (χ0v) is 15.5. The van der Waals surface area contributed by atoms with Gasteiger partial charge in [0.05, 0.1) is 25.7 Å². The number of carbonyl (C=O) groups is 1. The molecule has 0 bridgehead atoms. The number of methoxy groups -OCH3 is 2. The van der Waals surface area contributed by atoms with E-state index in [2.05, 4.69) is 0 Å². The Balaban J connectivity index is 1.75. The molecular formula is C19H17NO3S2. The van der Waals surface area contributed by atoms with Gasteiger partial charge < -0.3 is 9.47 Å². The average Bonchev–Trinajstić information content (AvgIpc) is 2.90. The Morgan fingerprint density at radius 2 is 1.56 bits per heavy atom. The number of carbonyl (C=O) groups excluding carboxylic acids is 1. The lowest BCUT2D eigenvalue weighted by Gasteiger charge is -2.14. The molecule has 0 saturated carbocycles. The number of thiocarbonyl (C=S) groups is 1. The predicted octanol–water partition coefficient (Wildman–Crippen LogP) is 4.11. The van der Waals surface area contributed by atoms with Crippen molar-refractivity contribution in [3.8, 4) is 11.5 Å². The second-order valence-corrected chi connectivity index (χ2v) is 7.06. The van der Waals surface area contributed by atoms with E-state index in [9.17, 15) is 4.79 Å². The van der Waals surface area contributed by atoms with Crippen LogP contribution in [0, 0.1) is 0 Å². The predicted molar refractivity (Wildman–Crippen MR) is 105 cm³/mol. The van der Waals surface area contributed by atoms with E-state index < -0.39 is 0 Å². The van der Waals surface area contributed by atoms with E-state index in [4.69, 9.17) is 21.7 Å². The number of ether oxygens (including phenoxy) is 2. The number of hydrogen-bond donors (Lipinski definition) is 0. The van der Waals surface area contributed by atoms with E-state index in [1.165, 1.54) is 11.8 Å². The highest BCUT2D eigenvalue weighted by atomic mass is 32.2. The number of nitrogens with zero attached hydrogens (tertiary/aromatic N) is 1. The quantitative estimate of drug-likeness (QED) is 0.584. The lowest BCUT2D eigenvalue weighted by Crippen LogP contribution is -2.27. The number of amides is 1. The summed E-state index contributed by atoms with van der Waals surface area (Å²) in [4.78, 5) is 14.9. The molecule has 25 heavy (non-hydrogen) atoms. The summed E-state index contributed by atoms with van der Waals surface area (Å²) in [6.07, 6.45) is 1.85. The van der Waals surface area contributed by atoms with Gasteiger partial charge in [0.15, 0.2) is 0 Å². The molecule has 0 unspecified atom stereocenters. The van der Waals surface area contributed by atoms with E-state index in [0.717, 1.165) is 22.6 Å². The maximum absolute atomic E-state index is 12.7. The molecule has 1 aliphatic heterocycles. The molecule has 0 spiro atoms. The van der Waals surface area contributed by atoms with Crippen molar-refractivity contribution in [1.82, 2.24) is 4.90 Å². The van der Waals surface area contributed by atoms with Crippen molar-refractivity contribution in [2.24, 2.45) is 0 Å². The van der Waals surface area contributed by atoms with Crippen molar-refractivity contribution in [3.63, 3.8) is 0 Å². The molecule has 1 amide bonds. The average molecular weight is 371 g/mol. The number of hydrogen-bond acceptors (Lipinski definition) is 5. The molecule has 2 aromatic carbocycles. The van der Waals surface area contributed by atoms with Crippen molar-refractivity contribution < 1.29 is 14.3 Å². The molecule has 3 rings (SSSR count). The molecule has 1 heterocycles. The van der Waals surface area contributed by atoms with Gasteiger partial charge in [-0.25, -0.2) is 0 Å². The summed E-state index contributed by atoms with van der Waals surface area (Å²) in [7, 11) is 3.25. The van der Waals surface area contributed by atoms with Gasteiger partial charge in [-0.2, -0.15) is 0 Å². The van der Waals surface area contributed by atoms with Gasteiger partial charge in [0.25, 0.3) is 5.91 Å². The summed E-state index contributed by atoms with van der Waals surface area (Å²) in [5.74, 6) is 1.50. The Labute approximate surface area is 156 Å². The van der Waals surface area contributed by atoms with Crippen LogP contribution in [0.4, 0.5) is 0 Å². The van der Waals surface area contributed by atoms with Crippen LogP contribution >= 0.6 is 24.0 Å². The minimum Gasteiger partial charge on any atom is -0.497 e. The molecule has 0 aromatic heterocycles. The van der Waals surface area contributed by atoms with Crippen LogP contribution in [0.15, 0.2) is 53.4 Å². The third-order valence-corrected chi connectivity index (χ3v) is 5.16. The van der Waals surface area contributed by atoms with Crippen LogP contribution in [0.25, 0.3) is 6.08 Å².